The molecule has 0 saturated carbocycles. The molecular formula is C16H19N5O4. The average Bonchev–Trinajstić information content (AvgIpc) is 3.09. The van der Waals surface area contributed by atoms with Gasteiger partial charge in [0, 0.05) is 25.0 Å². The number of aryl methyl sites for hydroxylation is 2. The van der Waals surface area contributed by atoms with Crippen LogP contribution in [0.3, 0.4) is 0 Å². The largest absolute Gasteiger partial charge is 0.468 e. The van der Waals surface area contributed by atoms with Crippen LogP contribution in [-0.2, 0) is 29.7 Å². The van der Waals surface area contributed by atoms with Crippen LogP contribution in [-0.4, -0.2) is 36.2 Å². The quantitative estimate of drug-likeness (QED) is 0.495. The van der Waals surface area contributed by atoms with E-state index in [1.165, 1.54) is 17.8 Å². The summed E-state index contributed by atoms with van der Waals surface area (Å²) in [5, 5.41) is 0. The van der Waals surface area contributed by atoms with Crippen molar-refractivity contribution in [2.24, 2.45) is 7.05 Å². The Balaban J connectivity index is 2.49. The molecule has 132 valence electrons. The lowest BCUT2D eigenvalue weighted by Crippen LogP contribution is -2.39. The number of imidazole rings is 2. The van der Waals surface area contributed by atoms with Gasteiger partial charge in [-0.15, -0.1) is 6.58 Å². The van der Waals surface area contributed by atoms with Crippen LogP contribution in [0.2, 0.25) is 0 Å². The molecule has 0 radical (unpaired) electrons. The number of carbonyl (C=O) groups excluding carboxylic acids is 1. The van der Waals surface area contributed by atoms with E-state index in [-0.39, 0.29) is 18.7 Å². The summed E-state index contributed by atoms with van der Waals surface area (Å²) < 4.78 is 10.5. The first-order chi connectivity index (χ1) is 11.8. The van der Waals surface area contributed by atoms with Crippen molar-refractivity contribution in [3.63, 3.8) is 0 Å². The van der Waals surface area contributed by atoms with Crippen LogP contribution >= 0.6 is 0 Å². The van der Waals surface area contributed by atoms with Gasteiger partial charge in [-0.3, -0.25) is 23.1 Å². The van der Waals surface area contributed by atoms with Crippen molar-refractivity contribution in [1.82, 2.24) is 23.1 Å². The Morgan fingerprint density at radius 3 is 2.52 bits per heavy atom. The van der Waals surface area contributed by atoms with E-state index in [2.05, 4.69) is 11.6 Å². The van der Waals surface area contributed by atoms with Gasteiger partial charge in [0.05, 0.1) is 7.11 Å². The number of nitrogens with zero attached hydrogens (tertiary/aromatic N) is 5. The lowest BCUT2D eigenvalue weighted by molar-refractivity contribution is -0.141. The first-order valence-electron chi connectivity index (χ1n) is 7.68. The van der Waals surface area contributed by atoms with Gasteiger partial charge in [-0.05, 0) is 13.8 Å². The molecule has 0 amide bonds. The number of carbonyl (C=O) groups is 1. The van der Waals surface area contributed by atoms with Crippen LogP contribution < -0.4 is 11.2 Å². The van der Waals surface area contributed by atoms with Gasteiger partial charge in [0.15, 0.2) is 11.2 Å². The summed E-state index contributed by atoms with van der Waals surface area (Å²) in [6.45, 7) is 7.34. The summed E-state index contributed by atoms with van der Waals surface area (Å²) in [6.07, 6.45) is 1.49. The smallest absolute Gasteiger partial charge is 0.332 e. The first kappa shape index (κ1) is 16.7. The summed E-state index contributed by atoms with van der Waals surface area (Å²) in [5.41, 5.74) is 1.21. The molecule has 0 atom stereocenters. The van der Waals surface area contributed by atoms with Crippen molar-refractivity contribution in [3.8, 4) is 0 Å². The molecule has 0 aliphatic rings. The SMILES string of the molecule is C=CCn1c(=O)c2c(nc3n(CC(=O)OC)c(C)c(C)n23)n(C)c1=O. The highest BCUT2D eigenvalue weighted by molar-refractivity contribution is 5.77. The second-order valence-electron chi connectivity index (χ2n) is 5.80. The second kappa shape index (κ2) is 5.76. The van der Waals surface area contributed by atoms with E-state index < -0.39 is 17.2 Å². The molecule has 3 aromatic rings. The van der Waals surface area contributed by atoms with Crippen molar-refractivity contribution in [2.45, 2.75) is 26.9 Å². The zero-order valence-electron chi connectivity index (χ0n) is 14.6. The molecule has 0 aliphatic heterocycles. The van der Waals surface area contributed by atoms with E-state index >= 15 is 0 Å². The molecule has 0 aliphatic carbocycles. The van der Waals surface area contributed by atoms with E-state index in [1.54, 1.807) is 16.0 Å². The van der Waals surface area contributed by atoms with E-state index in [9.17, 15) is 14.4 Å². The molecule has 0 unspecified atom stereocenters. The number of fused-ring (bicyclic) bond motifs is 3. The van der Waals surface area contributed by atoms with Crippen molar-refractivity contribution >= 4 is 22.9 Å². The average molecular weight is 345 g/mol. The molecule has 25 heavy (non-hydrogen) atoms. The summed E-state index contributed by atoms with van der Waals surface area (Å²) in [4.78, 5) is 41.4. The fourth-order valence-corrected chi connectivity index (χ4v) is 2.99. The standard InChI is InChI=1S/C16H19N5O4/c1-6-7-19-14(23)12-13(18(4)16(19)24)17-15-20(8-11(22)25-5)9(2)10(3)21(12)15/h6H,1,7-8H2,2-5H3. The maximum absolute atomic E-state index is 12.9. The van der Waals surface area contributed by atoms with E-state index in [0.717, 1.165) is 16.0 Å². The third-order valence-electron chi connectivity index (χ3n) is 4.46. The van der Waals surface area contributed by atoms with Crippen LogP contribution in [0.4, 0.5) is 0 Å². The summed E-state index contributed by atoms with van der Waals surface area (Å²) in [7, 11) is 2.87. The number of allylic oxidation sites excluding steroid dienone is 1. The molecule has 0 bridgehead atoms. The highest BCUT2D eigenvalue weighted by Gasteiger charge is 2.23. The van der Waals surface area contributed by atoms with E-state index in [1.807, 2.05) is 13.8 Å². The molecule has 0 spiro atoms. The Hall–Kier alpha value is -3.10. The zero-order chi connectivity index (χ0) is 18.5. The van der Waals surface area contributed by atoms with Crippen molar-refractivity contribution in [2.75, 3.05) is 7.11 Å². The van der Waals surface area contributed by atoms with Gasteiger partial charge in [-0.25, -0.2) is 4.79 Å². The second-order valence-corrected chi connectivity index (χ2v) is 5.80. The van der Waals surface area contributed by atoms with E-state index in [0.29, 0.717) is 11.3 Å². The topological polar surface area (TPSA) is 92.5 Å². The van der Waals surface area contributed by atoms with Crippen LogP contribution in [0.25, 0.3) is 16.9 Å². The Morgan fingerprint density at radius 2 is 1.92 bits per heavy atom. The minimum absolute atomic E-state index is 0.0300. The van der Waals surface area contributed by atoms with Crippen LogP contribution in [0.1, 0.15) is 11.4 Å². The number of methoxy groups -OCH3 is 1. The van der Waals surface area contributed by atoms with Gasteiger partial charge in [0.1, 0.15) is 6.54 Å². The minimum atomic E-state index is -0.466. The molecule has 0 aromatic carbocycles. The molecule has 0 fully saturated rings. The van der Waals surface area contributed by atoms with Gasteiger partial charge in [0.25, 0.3) is 5.56 Å². The number of ether oxygens (including phenoxy) is 1. The summed E-state index contributed by atoms with van der Waals surface area (Å²) >= 11 is 0. The normalized spacial score (nSPS) is 11.4. The molecule has 3 aromatic heterocycles. The van der Waals surface area contributed by atoms with Gasteiger partial charge < -0.3 is 9.30 Å². The molecule has 0 saturated heterocycles. The van der Waals surface area contributed by atoms with Crippen molar-refractivity contribution < 1.29 is 9.53 Å². The number of hydrogen-bond acceptors (Lipinski definition) is 5. The third kappa shape index (κ3) is 2.23. The molecular weight excluding hydrogens is 326 g/mol. The molecule has 9 nitrogen and oxygen atoms in total. The fraction of sp³-hybridized carbons (Fsp3) is 0.375. The monoisotopic (exact) mass is 345 g/mol. The summed E-state index contributed by atoms with van der Waals surface area (Å²) in [6, 6.07) is 0. The number of hydrogen-bond donors (Lipinski definition) is 0. The lowest BCUT2D eigenvalue weighted by Gasteiger charge is -2.06. The number of esters is 1. The molecule has 0 N–H and O–H groups in total. The number of rotatable bonds is 4. The predicted octanol–water partition coefficient (Wildman–Crippen LogP) is 0.125. The van der Waals surface area contributed by atoms with Gasteiger partial charge in [0.2, 0.25) is 5.78 Å². The minimum Gasteiger partial charge on any atom is -0.468 e. The lowest BCUT2D eigenvalue weighted by atomic mass is 10.3. The highest BCUT2D eigenvalue weighted by Crippen LogP contribution is 2.20. The highest BCUT2D eigenvalue weighted by atomic mass is 16.5. The maximum Gasteiger partial charge on any atom is 0.332 e. The first-order valence-corrected chi connectivity index (χ1v) is 7.68. The van der Waals surface area contributed by atoms with Crippen LogP contribution in [0.15, 0.2) is 22.2 Å². The van der Waals surface area contributed by atoms with Gasteiger partial charge in [-0.1, -0.05) is 6.08 Å². The Bertz CT molecular complexity index is 1140. The fourth-order valence-electron chi connectivity index (χ4n) is 2.99. The van der Waals surface area contributed by atoms with Gasteiger partial charge >= 0.3 is 11.7 Å². The third-order valence-corrected chi connectivity index (χ3v) is 4.46. The number of aromatic nitrogens is 5. The molecule has 3 heterocycles. The Kier molecular flexibility index (Phi) is 3.86. The van der Waals surface area contributed by atoms with Crippen molar-refractivity contribution in [1.29, 1.82) is 0 Å². The van der Waals surface area contributed by atoms with Gasteiger partial charge in [-0.2, -0.15) is 4.98 Å². The molecule has 3 rings (SSSR count). The predicted molar refractivity (Wildman–Crippen MR) is 91.9 cm³/mol. The Morgan fingerprint density at radius 1 is 1.24 bits per heavy atom. The molecule has 9 heteroatoms. The van der Waals surface area contributed by atoms with Crippen molar-refractivity contribution in [3.05, 3.63) is 44.9 Å². The van der Waals surface area contributed by atoms with Crippen LogP contribution in [0, 0.1) is 13.8 Å². The van der Waals surface area contributed by atoms with Crippen LogP contribution in [0.5, 0.6) is 0 Å². The summed E-state index contributed by atoms with van der Waals surface area (Å²) in [5.74, 6) is -0.00975. The maximum atomic E-state index is 12.9. The van der Waals surface area contributed by atoms with E-state index in [4.69, 9.17) is 4.74 Å². The Labute approximate surface area is 142 Å². The zero-order valence-corrected chi connectivity index (χ0v) is 14.6.